The van der Waals surface area contributed by atoms with Gasteiger partial charge in [-0.25, -0.2) is 0 Å². The van der Waals surface area contributed by atoms with Crippen LogP contribution in [0.4, 0.5) is 0 Å². The molecule has 1 aliphatic rings. The van der Waals surface area contributed by atoms with Crippen LogP contribution < -0.4 is 0 Å². The molecular formula is C8H10N2S. The molecule has 0 unspecified atom stereocenters. The molecule has 0 aromatic heterocycles. The molecule has 1 heterocycles. The fraction of sp³-hybridized carbons (Fsp3) is 0.500. The molecule has 0 atom stereocenters. The molecule has 1 rings (SSSR count). The zero-order valence-corrected chi connectivity index (χ0v) is 7.70. The lowest BCUT2D eigenvalue weighted by atomic mass is 9.99. The van der Waals surface area contributed by atoms with E-state index in [9.17, 15) is 0 Å². The molecule has 0 bridgehead atoms. The minimum absolute atomic E-state index is 0.166. The lowest BCUT2D eigenvalue weighted by Crippen LogP contribution is -2.39. The van der Waals surface area contributed by atoms with Crippen molar-refractivity contribution in [3.05, 3.63) is 11.8 Å². The Kier molecular flexibility index (Phi) is 1.73. The molecule has 0 aromatic rings. The van der Waals surface area contributed by atoms with Gasteiger partial charge >= 0.3 is 0 Å². The molecule has 0 aromatic carbocycles. The summed E-state index contributed by atoms with van der Waals surface area (Å²) in [5.74, 6) is 0. The highest BCUT2D eigenvalue weighted by Crippen LogP contribution is 2.26. The molecule has 0 saturated carbocycles. The monoisotopic (exact) mass is 166 g/mol. The van der Waals surface area contributed by atoms with Gasteiger partial charge < -0.3 is 4.90 Å². The van der Waals surface area contributed by atoms with E-state index in [1.807, 2.05) is 25.8 Å². The Balaban J connectivity index is 3.06. The Morgan fingerprint density at radius 2 is 2.18 bits per heavy atom. The zero-order valence-electron chi connectivity index (χ0n) is 6.88. The third kappa shape index (κ3) is 1.04. The molecule has 58 valence electrons. The second-order valence-corrected chi connectivity index (χ2v) is 3.56. The van der Waals surface area contributed by atoms with E-state index in [2.05, 4.69) is 6.07 Å². The van der Waals surface area contributed by atoms with Gasteiger partial charge in [0.15, 0.2) is 0 Å². The summed E-state index contributed by atoms with van der Waals surface area (Å²) in [4.78, 5) is 2.70. The van der Waals surface area contributed by atoms with Gasteiger partial charge in [0.05, 0.1) is 16.0 Å². The van der Waals surface area contributed by atoms with Crippen LogP contribution in [0.1, 0.15) is 13.8 Å². The molecule has 0 amide bonds. The largest absolute Gasteiger partial charge is 0.369 e. The third-order valence-electron chi connectivity index (χ3n) is 2.13. The summed E-state index contributed by atoms with van der Waals surface area (Å²) in [7, 11) is 1.93. The fourth-order valence-corrected chi connectivity index (χ4v) is 1.23. The molecule has 0 saturated heterocycles. The molecule has 0 N–H and O–H groups in total. The maximum Gasteiger partial charge on any atom is 0.102 e. The van der Waals surface area contributed by atoms with Crippen molar-refractivity contribution in [1.29, 1.82) is 5.26 Å². The van der Waals surface area contributed by atoms with Crippen molar-refractivity contribution < 1.29 is 0 Å². The Labute approximate surface area is 72.1 Å². The van der Waals surface area contributed by atoms with Crippen LogP contribution in [0.15, 0.2) is 11.8 Å². The van der Waals surface area contributed by atoms with E-state index in [1.54, 1.807) is 6.20 Å². The number of hydrogen-bond donors (Lipinski definition) is 0. The summed E-state index contributed by atoms with van der Waals surface area (Å²) >= 11 is 5.12. The molecule has 0 aliphatic carbocycles. The van der Waals surface area contributed by atoms with Crippen LogP contribution in [0.5, 0.6) is 0 Å². The molecule has 0 radical (unpaired) electrons. The van der Waals surface area contributed by atoms with E-state index >= 15 is 0 Å². The summed E-state index contributed by atoms with van der Waals surface area (Å²) in [6.07, 6.45) is 1.79. The topological polar surface area (TPSA) is 27.0 Å². The zero-order chi connectivity index (χ0) is 8.65. The van der Waals surface area contributed by atoms with Crippen molar-refractivity contribution in [3.8, 4) is 6.07 Å². The first-order chi connectivity index (χ1) is 5.00. The fourth-order valence-electron chi connectivity index (χ4n) is 0.983. The van der Waals surface area contributed by atoms with Crippen molar-refractivity contribution in [2.45, 2.75) is 19.4 Å². The van der Waals surface area contributed by atoms with Crippen molar-refractivity contribution in [2.75, 3.05) is 7.05 Å². The number of hydrogen-bond acceptors (Lipinski definition) is 3. The minimum Gasteiger partial charge on any atom is -0.369 e. The van der Waals surface area contributed by atoms with E-state index < -0.39 is 0 Å². The van der Waals surface area contributed by atoms with E-state index in [-0.39, 0.29) is 5.54 Å². The highest BCUT2D eigenvalue weighted by Gasteiger charge is 2.34. The standard InChI is InChI=1S/C8H10N2S/c1-8(2)7(11)6(4-9)5-10(8)3/h5H,1-3H3. The first-order valence-corrected chi connectivity index (χ1v) is 3.80. The van der Waals surface area contributed by atoms with Crippen molar-refractivity contribution >= 4 is 17.1 Å². The van der Waals surface area contributed by atoms with Gasteiger partial charge in [0.25, 0.3) is 0 Å². The van der Waals surface area contributed by atoms with E-state index in [1.165, 1.54) is 0 Å². The van der Waals surface area contributed by atoms with E-state index in [4.69, 9.17) is 17.5 Å². The minimum atomic E-state index is -0.166. The third-order valence-corrected chi connectivity index (χ3v) is 2.84. The summed E-state index contributed by atoms with van der Waals surface area (Å²) < 4.78 is 0. The highest BCUT2D eigenvalue weighted by atomic mass is 32.1. The Bertz CT molecular complexity index is 270. The SMILES string of the molecule is CN1C=C(C#N)C(=S)C1(C)C. The van der Waals surface area contributed by atoms with Crippen LogP contribution in [0.3, 0.4) is 0 Å². The van der Waals surface area contributed by atoms with Gasteiger partial charge in [0.2, 0.25) is 0 Å². The maximum atomic E-state index is 8.65. The van der Waals surface area contributed by atoms with Crippen LogP contribution in [0.2, 0.25) is 0 Å². The molecule has 3 heteroatoms. The molecular weight excluding hydrogens is 156 g/mol. The predicted molar refractivity (Wildman–Crippen MR) is 48.1 cm³/mol. The van der Waals surface area contributed by atoms with Crippen molar-refractivity contribution in [2.24, 2.45) is 0 Å². The van der Waals surface area contributed by atoms with Gasteiger partial charge in [0, 0.05) is 13.2 Å². The van der Waals surface area contributed by atoms with E-state index in [0.29, 0.717) is 5.57 Å². The number of nitriles is 1. The number of nitrogens with zero attached hydrogens (tertiary/aromatic N) is 2. The average Bonchev–Trinajstić information content (AvgIpc) is 2.14. The summed E-state index contributed by atoms with van der Waals surface area (Å²) in [5, 5.41) is 8.65. The first-order valence-electron chi connectivity index (χ1n) is 3.40. The lowest BCUT2D eigenvalue weighted by Gasteiger charge is -2.28. The van der Waals surface area contributed by atoms with Gasteiger partial charge in [0.1, 0.15) is 6.07 Å². The Morgan fingerprint density at radius 3 is 2.36 bits per heavy atom. The van der Waals surface area contributed by atoms with Gasteiger partial charge in [-0.1, -0.05) is 12.2 Å². The second kappa shape index (κ2) is 2.31. The normalized spacial score (nSPS) is 21.5. The van der Waals surface area contributed by atoms with Gasteiger partial charge in [-0.2, -0.15) is 5.26 Å². The molecule has 0 fully saturated rings. The molecule has 2 nitrogen and oxygen atoms in total. The summed E-state index contributed by atoms with van der Waals surface area (Å²) in [5.41, 5.74) is 0.452. The van der Waals surface area contributed by atoms with Gasteiger partial charge in [-0.15, -0.1) is 0 Å². The van der Waals surface area contributed by atoms with Crippen molar-refractivity contribution in [3.63, 3.8) is 0 Å². The molecule has 11 heavy (non-hydrogen) atoms. The molecule has 1 aliphatic heterocycles. The summed E-state index contributed by atoms with van der Waals surface area (Å²) in [6.45, 7) is 4.02. The maximum absolute atomic E-state index is 8.65. The Hall–Kier alpha value is -0.880. The number of rotatable bonds is 0. The van der Waals surface area contributed by atoms with Crippen LogP contribution in [0.25, 0.3) is 0 Å². The van der Waals surface area contributed by atoms with Gasteiger partial charge in [-0.3, -0.25) is 0 Å². The number of thiocarbonyl (C=S) groups is 1. The van der Waals surface area contributed by atoms with Crippen LogP contribution in [-0.4, -0.2) is 22.4 Å². The van der Waals surface area contributed by atoms with Crippen molar-refractivity contribution in [1.82, 2.24) is 4.90 Å². The van der Waals surface area contributed by atoms with Crippen LogP contribution >= 0.6 is 12.2 Å². The lowest BCUT2D eigenvalue weighted by molar-refractivity contribution is 0.326. The van der Waals surface area contributed by atoms with Crippen LogP contribution in [-0.2, 0) is 0 Å². The summed E-state index contributed by atoms with van der Waals surface area (Å²) in [6, 6.07) is 2.08. The first kappa shape index (κ1) is 8.22. The smallest absolute Gasteiger partial charge is 0.102 e. The second-order valence-electron chi connectivity index (χ2n) is 3.15. The van der Waals surface area contributed by atoms with Gasteiger partial charge in [-0.05, 0) is 13.8 Å². The quantitative estimate of drug-likeness (QED) is 0.510. The van der Waals surface area contributed by atoms with E-state index in [0.717, 1.165) is 4.86 Å². The Morgan fingerprint density at radius 1 is 1.64 bits per heavy atom. The predicted octanol–water partition coefficient (Wildman–Crippen LogP) is 1.49. The molecule has 0 spiro atoms. The van der Waals surface area contributed by atoms with Crippen LogP contribution in [0, 0.1) is 11.3 Å². The highest BCUT2D eigenvalue weighted by molar-refractivity contribution is 7.81. The average molecular weight is 166 g/mol.